The Morgan fingerprint density at radius 3 is 2.76 bits per heavy atom. The minimum absolute atomic E-state index is 0.108. The minimum Gasteiger partial charge on any atom is -0.329 e. The smallest absolute Gasteiger partial charge is 0.324 e. The summed E-state index contributed by atoms with van der Waals surface area (Å²) in [5, 5.41) is 5.81. The van der Waals surface area contributed by atoms with Crippen molar-refractivity contribution in [2.75, 3.05) is 18.8 Å². The lowest BCUT2D eigenvalue weighted by Gasteiger charge is -2.13. The molecule has 1 saturated heterocycles. The van der Waals surface area contributed by atoms with E-state index >= 15 is 0 Å². The number of amides is 3. The Kier molecular flexibility index (Phi) is 5.27. The molecule has 21 heavy (non-hydrogen) atoms. The van der Waals surface area contributed by atoms with Gasteiger partial charge < -0.3 is 5.32 Å². The zero-order chi connectivity index (χ0) is 15.5. The van der Waals surface area contributed by atoms with Gasteiger partial charge in [0, 0.05) is 23.1 Å². The van der Waals surface area contributed by atoms with Crippen molar-refractivity contribution in [3.05, 3.63) is 16.1 Å². The third-order valence-corrected chi connectivity index (χ3v) is 5.44. The molecule has 0 aromatic carbocycles. The van der Waals surface area contributed by atoms with E-state index < -0.39 is 0 Å². The summed E-state index contributed by atoms with van der Waals surface area (Å²) in [7, 11) is 0. The van der Waals surface area contributed by atoms with Crippen LogP contribution in [0.5, 0.6) is 0 Å². The fourth-order valence-corrected chi connectivity index (χ4v) is 3.75. The van der Waals surface area contributed by atoms with Crippen LogP contribution in [0.3, 0.4) is 0 Å². The summed E-state index contributed by atoms with van der Waals surface area (Å²) in [6.45, 7) is 7.14. The third kappa shape index (κ3) is 4.44. The van der Waals surface area contributed by atoms with Crippen LogP contribution in [0.1, 0.15) is 37.9 Å². The molecule has 1 N–H and O–H groups in total. The van der Waals surface area contributed by atoms with E-state index in [0.29, 0.717) is 6.54 Å². The molecule has 0 saturated carbocycles. The van der Waals surface area contributed by atoms with Gasteiger partial charge in [-0.15, -0.1) is 11.3 Å². The maximum Gasteiger partial charge on any atom is 0.324 e. The van der Waals surface area contributed by atoms with Crippen LogP contribution >= 0.6 is 23.1 Å². The lowest BCUT2D eigenvalue weighted by atomic mass is 9.98. The molecule has 0 aliphatic carbocycles. The van der Waals surface area contributed by atoms with E-state index in [1.807, 2.05) is 0 Å². The number of carbonyl (C=O) groups excluding carboxylic acids is 2. The lowest BCUT2D eigenvalue weighted by molar-refractivity contribution is -0.124. The number of urea groups is 1. The normalized spacial score (nSPS) is 15.7. The highest BCUT2D eigenvalue weighted by Gasteiger charge is 2.27. The van der Waals surface area contributed by atoms with Crippen molar-refractivity contribution in [2.45, 2.75) is 38.4 Å². The second kappa shape index (κ2) is 6.79. The molecular weight excluding hydrogens is 306 g/mol. The van der Waals surface area contributed by atoms with Crippen molar-refractivity contribution in [2.24, 2.45) is 0 Å². The van der Waals surface area contributed by atoms with Gasteiger partial charge in [-0.2, -0.15) is 11.8 Å². The number of nitrogens with one attached hydrogen (secondary N) is 1. The summed E-state index contributed by atoms with van der Waals surface area (Å²) in [6, 6.07) is -0.265. The molecule has 2 rings (SSSR count). The predicted molar refractivity (Wildman–Crippen MR) is 86.7 cm³/mol. The van der Waals surface area contributed by atoms with Crippen LogP contribution in [-0.4, -0.2) is 40.7 Å². The Labute approximate surface area is 133 Å². The highest BCUT2D eigenvalue weighted by atomic mass is 32.2. The highest BCUT2D eigenvalue weighted by molar-refractivity contribution is 7.98. The molecule has 1 aromatic rings. The molecule has 5 nitrogen and oxygen atoms in total. The molecule has 0 atom stereocenters. The molecule has 7 heteroatoms. The Balaban J connectivity index is 1.67. The average molecular weight is 327 g/mol. The SMILES string of the molecule is CC(C)(C)c1nc(CSCCCN2C(=O)CNC2=O)cs1. The van der Waals surface area contributed by atoms with Crippen LogP contribution in [0.2, 0.25) is 0 Å². The molecule has 1 aliphatic heterocycles. The van der Waals surface area contributed by atoms with Crippen molar-refractivity contribution in [3.8, 4) is 0 Å². The molecule has 1 aromatic heterocycles. The van der Waals surface area contributed by atoms with Crippen LogP contribution < -0.4 is 5.32 Å². The molecule has 0 radical (unpaired) electrons. The van der Waals surface area contributed by atoms with E-state index in [0.717, 1.165) is 28.6 Å². The van der Waals surface area contributed by atoms with Gasteiger partial charge in [0.15, 0.2) is 0 Å². The molecule has 1 aliphatic rings. The molecule has 3 amide bonds. The van der Waals surface area contributed by atoms with Gasteiger partial charge >= 0.3 is 6.03 Å². The van der Waals surface area contributed by atoms with Crippen LogP contribution in [0, 0.1) is 0 Å². The van der Waals surface area contributed by atoms with E-state index in [2.05, 4.69) is 36.5 Å². The van der Waals surface area contributed by atoms with Gasteiger partial charge in [-0.1, -0.05) is 20.8 Å². The lowest BCUT2D eigenvalue weighted by Crippen LogP contribution is -2.32. The van der Waals surface area contributed by atoms with E-state index in [4.69, 9.17) is 0 Å². The summed E-state index contributed by atoms with van der Waals surface area (Å²) >= 11 is 3.50. The quantitative estimate of drug-likeness (QED) is 0.644. The first kappa shape index (κ1) is 16.3. The number of imide groups is 1. The van der Waals surface area contributed by atoms with Gasteiger partial charge in [-0.25, -0.2) is 9.78 Å². The topological polar surface area (TPSA) is 62.3 Å². The molecule has 0 spiro atoms. The molecule has 0 bridgehead atoms. The fourth-order valence-electron chi connectivity index (χ4n) is 1.90. The Morgan fingerprint density at radius 2 is 2.19 bits per heavy atom. The Morgan fingerprint density at radius 1 is 1.43 bits per heavy atom. The van der Waals surface area contributed by atoms with Crippen LogP contribution in [0.4, 0.5) is 4.79 Å². The maximum absolute atomic E-state index is 11.4. The summed E-state index contributed by atoms with van der Waals surface area (Å²) in [5.41, 5.74) is 1.22. The zero-order valence-electron chi connectivity index (χ0n) is 12.6. The summed E-state index contributed by atoms with van der Waals surface area (Å²) < 4.78 is 0. The number of nitrogens with zero attached hydrogens (tertiary/aromatic N) is 2. The maximum atomic E-state index is 11.4. The number of thioether (sulfide) groups is 1. The molecule has 0 unspecified atom stereocenters. The zero-order valence-corrected chi connectivity index (χ0v) is 14.3. The number of rotatable bonds is 6. The van der Waals surface area contributed by atoms with E-state index in [1.165, 1.54) is 4.90 Å². The monoisotopic (exact) mass is 327 g/mol. The first-order valence-electron chi connectivity index (χ1n) is 6.99. The minimum atomic E-state index is -0.265. The standard InChI is InChI=1S/C14H21N3O2S2/c1-14(2,3)12-16-10(9-21-12)8-20-6-4-5-17-11(18)7-15-13(17)19/h9H,4-8H2,1-3H3,(H,15,19). The van der Waals surface area contributed by atoms with E-state index in [-0.39, 0.29) is 23.9 Å². The van der Waals surface area contributed by atoms with Crippen LogP contribution in [-0.2, 0) is 16.0 Å². The van der Waals surface area contributed by atoms with Crippen molar-refractivity contribution < 1.29 is 9.59 Å². The second-order valence-electron chi connectivity index (χ2n) is 6.00. The Bertz CT molecular complexity index is 507. The predicted octanol–water partition coefficient (Wildman–Crippen LogP) is 2.62. The number of hydrogen-bond donors (Lipinski definition) is 1. The highest BCUT2D eigenvalue weighted by Crippen LogP contribution is 2.27. The molecule has 116 valence electrons. The first-order chi connectivity index (χ1) is 9.88. The largest absolute Gasteiger partial charge is 0.329 e. The third-order valence-electron chi connectivity index (χ3n) is 3.05. The van der Waals surface area contributed by atoms with Crippen LogP contribution in [0.25, 0.3) is 0 Å². The number of thiazole rings is 1. The van der Waals surface area contributed by atoms with Crippen molar-refractivity contribution in [3.63, 3.8) is 0 Å². The number of hydrogen-bond acceptors (Lipinski definition) is 5. The van der Waals surface area contributed by atoms with Gasteiger partial charge in [0.25, 0.3) is 0 Å². The van der Waals surface area contributed by atoms with Gasteiger partial charge in [0.2, 0.25) is 5.91 Å². The van der Waals surface area contributed by atoms with Crippen molar-refractivity contribution >= 4 is 35.0 Å². The number of aromatic nitrogens is 1. The molecule has 2 heterocycles. The van der Waals surface area contributed by atoms with E-state index in [1.54, 1.807) is 23.1 Å². The summed E-state index contributed by atoms with van der Waals surface area (Å²) in [5.74, 6) is 1.67. The number of carbonyl (C=O) groups is 2. The fraction of sp³-hybridized carbons (Fsp3) is 0.643. The van der Waals surface area contributed by atoms with Crippen molar-refractivity contribution in [1.29, 1.82) is 0 Å². The van der Waals surface area contributed by atoms with Gasteiger partial charge in [-0.05, 0) is 12.2 Å². The average Bonchev–Trinajstić information content (AvgIpc) is 2.99. The van der Waals surface area contributed by atoms with Crippen molar-refractivity contribution in [1.82, 2.24) is 15.2 Å². The van der Waals surface area contributed by atoms with Crippen LogP contribution in [0.15, 0.2) is 5.38 Å². The summed E-state index contributed by atoms with van der Waals surface area (Å²) in [4.78, 5) is 28.7. The van der Waals surface area contributed by atoms with Gasteiger partial charge in [0.05, 0.1) is 17.2 Å². The Hall–Kier alpha value is -1.08. The van der Waals surface area contributed by atoms with Gasteiger partial charge in [0.1, 0.15) is 0 Å². The second-order valence-corrected chi connectivity index (χ2v) is 7.97. The first-order valence-corrected chi connectivity index (χ1v) is 9.02. The summed E-state index contributed by atoms with van der Waals surface area (Å²) in [6.07, 6.45) is 0.820. The molecule has 1 fully saturated rings. The molecular formula is C14H21N3O2S2. The van der Waals surface area contributed by atoms with E-state index in [9.17, 15) is 9.59 Å². The van der Waals surface area contributed by atoms with Gasteiger partial charge in [-0.3, -0.25) is 9.69 Å².